The first-order chi connectivity index (χ1) is 17.3. The summed E-state index contributed by atoms with van der Waals surface area (Å²) in [5, 5.41) is 10.7. The van der Waals surface area contributed by atoms with Crippen molar-refractivity contribution in [1.82, 2.24) is 14.8 Å². The van der Waals surface area contributed by atoms with Gasteiger partial charge in [0, 0.05) is 53.9 Å². The number of aromatic nitrogens is 1. The monoisotopic (exact) mass is 501 g/mol. The molecular weight excluding hydrogens is 467 g/mol. The number of rotatable bonds is 9. The van der Waals surface area contributed by atoms with Crippen LogP contribution in [0.25, 0.3) is 10.9 Å². The smallest absolute Gasteiger partial charge is 0.143 e. The molecule has 0 bridgehead atoms. The molecule has 36 heavy (non-hydrogen) atoms. The van der Waals surface area contributed by atoms with Gasteiger partial charge in [-0.1, -0.05) is 24.3 Å². The van der Waals surface area contributed by atoms with E-state index < -0.39 is 30.9 Å². The minimum absolute atomic E-state index is 0.0287. The fourth-order valence-corrected chi connectivity index (χ4v) is 5.64. The van der Waals surface area contributed by atoms with Crippen molar-refractivity contribution in [2.45, 2.75) is 44.4 Å². The van der Waals surface area contributed by atoms with Crippen LogP contribution in [-0.4, -0.2) is 71.2 Å². The van der Waals surface area contributed by atoms with Gasteiger partial charge < -0.3 is 14.8 Å². The van der Waals surface area contributed by atoms with Gasteiger partial charge in [0.25, 0.3) is 0 Å². The zero-order valence-corrected chi connectivity index (χ0v) is 20.8. The molecule has 5 rings (SSSR count). The highest BCUT2D eigenvalue weighted by Gasteiger charge is 2.40. The predicted molar refractivity (Wildman–Crippen MR) is 134 cm³/mol. The summed E-state index contributed by atoms with van der Waals surface area (Å²) in [6.07, 6.45) is 1.49. The zero-order valence-electron chi connectivity index (χ0n) is 20.8. The zero-order chi connectivity index (χ0) is 25.4. The fraction of sp³-hybridized carbons (Fsp3) is 0.500. The molecule has 1 fully saturated rings. The van der Waals surface area contributed by atoms with E-state index in [0.717, 1.165) is 41.7 Å². The summed E-state index contributed by atoms with van der Waals surface area (Å²) in [7, 11) is 0. The number of hydrogen-bond donors (Lipinski definition) is 2. The first-order valence-electron chi connectivity index (χ1n) is 12.6. The van der Waals surface area contributed by atoms with E-state index in [9.17, 15) is 9.50 Å². The van der Waals surface area contributed by atoms with Crippen molar-refractivity contribution in [2.24, 2.45) is 5.92 Å². The largest absolute Gasteiger partial charge is 0.493 e. The van der Waals surface area contributed by atoms with Crippen molar-refractivity contribution in [1.29, 1.82) is 0 Å². The first kappa shape index (κ1) is 25.1. The lowest BCUT2D eigenvalue weighted by molar-refractivity contribution is 0.0169. The summed E-state index contributed by atoms with van der Waals surface area (Å²) >= 11 is 0. The summed E-state index contributed by atoms with van der Waals surface area (Å²) in [5.74, 6) is 0.429. The molecule has 0 saturated carbocycles. The molecule has 3 aromatic rings. The lowest BCUT2D eigenvalue weighted by atomic mass is 9.87. The minimum atomic E-state index is -1.82. The number of likely N-dealkylation sites (tertiary alicyclic amines) is 1. The van der Waals surface area contributed by atoms with E-state index in [1.807, 2.05) is 30.0 Å². The minimum Gasteiger partial charge on any atom is -0.493 e. The Kier molecular flexibility index (Phi) is 7.03. The highest BCUT2D eigenvalue weighted by molar-refractivity contribution is 5.85. The van der Waals surface area contributed by atoms with E-state index in [-0.39, 0.29) is 12.6 Å². The van der Waals surface area contributed by atoms with E-state index in [0.29, 0.717) is 30.3 Å². The van der Waals surface area contributed by atoms with Gasteiger partial charge >= 0.3 is 0 Å². The van der Waals surface area contributed by atoms with E-state index in [1.165, 1.54) is 13.0 Å². The van der Waals surface area contributed by atoms with Crippen LogP contribution in [-0.2, 0) is 6.42 Å². The number of nitrogens with zero attached hydrogens (tertiary/aromatic N) is 2. The second-order valence-electron chi connectivity index (χ2n) is 10.6. The van der Waals surface area contributed by atoms with Crippen LogP contribution >= 0.6 is 0 Å². The second kappa shape index (κ2) is 10.1. The number of halogens is 3. The van der Waals surface area contributed by atoms with Crippen LogP contribution in [0, 0.1) is 11.7 Å². The molecule has 3 atom stereocenters. The van der Waals surface area contributed by atoms with Crippen molar-refractivity contribution in [2.75, 3.05) is 39.6 Å². The van der Waals surface area contributed by atoms with E-state index in [1.54, 1.807) is 17.0 Å². The average molecular weight is 502 g/mol. The third-order valence-corrected chi connectivity index (χ3v) is 7.62. The van der Waals surface area contributed by atoms with Crippen LogP contribution in [0.3, 0.4) is 0 Å². The number of nitrogens with one attached hydrogen (secondary N) is 1. The maximum Gasteiger partial charge on any atom is 0.143 e. The molecule has 0 radical (unpaired) electrons. The molecule has 2 N–H and O–H groups in total. The summed E-state index contributed by atoms with van der Waals surface area (Å²) < 4.78 is 49.1. The molecule has 1 saturated heterocycles. The Labute approximate surface area is 209 Å². The molecule has 1 aromatic heterocycles. The number of aliphatic hydroxyl groups excluding tert-OH is 1. The molecular formula is C28H34F3N3O2. The van der Waals surface area contributed by atoms with E-state index in [2.05, 4.69) is 11.1 Å². The van der Waals surface area contributed by atoms with Crippen molar-refractivity contribution >= 4 is 10.9 Å². The van der Waals surface area contributed by atoms with Gasteiger partial charge in [0.15, 0.2) is 0 Å². The standard InChI is InChI=1S/C28H34F3N3O2/c1-18-11-23-21-5-3-4-6-25(21)32-26(23)27(34(18)15-28(2,31)16-35)22-8-7-20(12-24(22)30)36-10-9-19-13-33(14-19)17-29/h3-8,12,18-19,27,32,35H,9-11,13-17H2,1-2H3/t18-,27-,28-/m1/s1. The van der Waals surface area contributed by atoms with Gasteiger partial charge in [-0.25, -0.2) is 13.2 Å². The SMILES string of the molecule is C[C@@H]1Cc2c([nH]c3ccccc23)[C@@H](c2ccc(OCCC3CN(CF)C3)cc2F)N1C[C@@](C)(F)CO. The fourth-order valence-electron chi connectivity index (χ4n) is 5.64. The van der Waals surface area contributed by atoms with Crippen LogP contribution in [0.5, 0.6) is 5.75 Å². The van der Waals surface area contributed by atoms with Crippen molar-refractivity contribution < 1.29 is 23.0 Å². The quantitative estimate of drug-likeness (QED) is 0.406. The number of fused-ring (bicyclic) bond motifs is 3. The van der Waals surface area contributed by atoms with Crippen molar-refractivity contribution in [3.63, 3.8) is 0 Å². The molecule has 3 heterocycles. The Bertz CT molecular complexity index is 1210. The van der Waals surface area contributed by atoms with Gasteiger partial charge in [-0.15, -0.1) is 0 Å². The molecule has 2 aliphatic rings. The average Bonchev–Trinajstić information content (AvgIpc) is 3.19. The van der Waals surface area contributed by atoms with Gasteiger partial charge in [0.05, 0.1) is 19.3 Å². The molecule has 0 unspecified atom stereocenters. The third kappa shape index (κ3) is 4.86. The number of benzene rings is 2. The normalized spacial score (nSPS) is 22.8. The lowest BCUT2D eigenvalue weighted by Crippen LogP contribution is -2.49. The van der Waals surface area contributed by atoms with Crippen LogP contribution < -0.4 is 4.74 Å². The molecule has 5 nitrogen and oxygen atoms in total. The number of alkyl halides is 2. The molecule has 194 valence electrons. The molecule has 2 aromatic carbocycles. The van der Waals surface area contributed by atoms with E-state index >= 15 is 8.78 Å². The first-order valence-corrected chi connectivity index (χ1v) is 12.6. The summed E-state index contributed by atoms with van der Waals surface area (Å²) in [4.78, 5) is 7.15. The summed E-state index contributed by atoms with van der Waals surface area (Å²) in [5.41, 5.74) is 1.56. The number of hydrogen-bond acceptors (Lipinski definition) is 4. The maximum absolute atomic E-state index is 15.6. The second-order valence-corrected chi connectivity index (χ2v) is 10.6. The Hall–Kier alpha value is -2.55. The maximum atomic E-state index is 15.6. The summed E-state index contributed by atoms with van der Waals surface area (Å²) in [6, 6.07) is 12.3. The van der Waals surface area contributed by atoms with Gasteiger partial charge in [0.1, 0.15) is 24.0 Å². The van der Waals surface area contributed by atoms with Gasteiger partial charge in [0.2, 0.25) is 0 Å². The molecule has 0 amide bonds. The molecule has 2 aliphatic heterocycles. The van der Waals surface area contributed by atoms with Crippen LogP contribution in [0.4, 0.5) is 13.2 Å². The highest BCUT2D eigenvalue weighted by atomic mass is 19.1. The number of H-pyrrole nitrogens is 1. The number of para-hydroxylation sites is 1. The topological polar surface area (TPSA) is 51.7 Å². The van der Waals surface area contributed by atoms with Gasteiger partial charge in [-0.05, 0) is 50.3 Å². The Morgan fingerprint density at radius 3 is 2.69 bits per heavy atom. The Morgan fingerprint density at radius 2 is 1.97 bits per heavy atom. The van der Waals surface area contributed by atoms with Crippen LogP contribution in [0.1, 0.15) is 43.1 Å². The van der Waals surface area contributed by atoms with Crippen LogP contribution in [0.2, 0.25) is 0 Å². The van der Waals surface area contributed by atoms with E-state index in [4.69, 9.17) is 4.74 Å². The van der Waals surface area contributed by atoms with Crippen molar-refractivity contribution in [3.05, 3.63) is 65.1 Å². The highest BCUT2D eigenvalue weighted by Crippen LogP contribution is 2.42. The number of ether oxygens (including phenoxy) is 1. The van der Waals surface area contributed by atoms with Gasteiger partial charge in [-0.2, -0.15) is 0 Å². The predicted octanol–water partition coefficient (Wildman–Crippen LogP) is 4.99. The third-order valence-electron chi connectivity index (χ3n) is 7.62. The molecule has 0 aliphatic carbocycles. The Balaban J connectivity index is 1.43. The number of aromatic amines is 1. The Morgan fingerprint density at radius 1 is 1.19 bits per heavy atom. The van der Waals surface area contributed by atoms with Gasteiger partial charge in [-0.3, -0.25) is 9.80 Å². The molecule has 8 heteroatoms. The lowest BCUT2D eigenvalue weighted by Gasteiger charge is -2.43. The molecule has 0 spiro atoms. The number of aliphatic hydroxyl groups is 1. The summed E-state index contributed by atoms with van der Waals surface area (Å²) in [6.45, 7) is 4.25. The van der Waals surface area contributed by atoms with Crippen molar-refractivity contribution in [3.8, 4) is 5.75 Å². The van der Waals surface area contributed by atoms with Crippen LogP contribution in [0.15, 0.2) is 42.5 Å².